The van der Waals surface area contributed by atoms with Crippen molar-refractivity contribution in [1.29, 1.82) is 0 Å². The van der Waals surface area contributed by atoms with Gasteiger partial charge in [0.15, 0.2) is 0 Å². The van der Waals surface area contributed by atoms with Crippen molar-refractivity contribution in [2.75, 3.05) is 13.1 Å². The number of piperidine rings is 1. The quantitative estimate of drug-likeness (QED) is 0.803. The monoisotopic (exact) mass is 316 g/mol. The summed E-state index contributed by atoms with van der Waals surface area (Å²) in [5, 5.41) is 16.6. The zero-order chi connectivity index (χ0) is 14.7. The van der Waals surface area contributed by atoms with E-state index in [1.807, 2.05) is 0 Å². The number of nitrogens with one attached hydrogen (secondary N) is 2. The second-order valence-electron chi connectivity index (χ2n) is 5.07. The van der Waals surface area contributed by atoms with Crippen molar-refractivity contribution in [1.82, 2.24) is 10.6 Å². The Morgan fingerprint density at radius 3 is 2.90 bits per heavy atom. The van der Waals surface area contributed by atoms with Gasteiger partial charge in [0.2, 0.25) is 5.91 Å². The minimum absolute atomic E-state index is 0.0276. The van der Waals surface area contributed by atoms with Gasteiger partial charge in [-0.15, -0.1) is 0 Å². The molecule has 4 nitrogen and oxygen atoms in total. The van der Waals surface area contributed by atoms with Gasteiger partial charge in [-0.25, -0.2) is 0 Å². The van der Waals surface area contributed by atoms with E-state index in [0.717, 1.165) is 19.4 Å². The van der Waals surface area contributed by atoms with Gasteiger partial charge in [0.1, 0.15) is 5.75 Å². The lowest BCUT2D eigenvalue weighted by atomic mass is 9.97. The third-order valence-electron chi connectivity index (χ3n) is 3.57. The maximum absolute atomic E-state index is 12.2. The zero-order valence-electron chi connectivity index (χ0n) is 11.2. The van der Waals surface area contributed by atoms with E-state index in [1.54, 1.807) is 6.92 Å². The molecule has 0 bridgehead atoms. The van der Waals surface area contributed by atoms with Crippen LogP contribution in [0.2, 0.25) is 10.0 Å². The molecule has 20 heavy (non-hydrogen) atoms. The molecule has 0 aliphatic carbocycles. The highest BCUT2D eigenvalue weighted by atomic mass is 35.5. The third kappa shape index (κ3) is 3.37. The maximum Gasteiger partial charge on any atom is 0.224 e. The summed E-state index contributed by atoms with van der Waals surface area (Å²) in [5.41, 5.74) is 0.455. The van der Waals surface area contributed by atoms with Gasteiger partial charge in [-0.3, -0.25) is 4.79 Å². The van der Waals surface area contributed by atoms with Crippen LogP contribution in [0.5, 0.6) is 5.75 Å². The summed E-state index contributed by atoms with van der Waals surface area (Å²) in [6, 6.07) is 2.62. The first-order valence-corrected chi connectivity index (χ1v) is 7.44. The van der Waals surface area contributed by atoms with Gasteiger partial charge in [0.05, 0.1) is 22.0 Å². The predicted molar refractivity (Wildman–Crippen MR) is 80.3 cm³/mol. The Morgan fingerprint density at radius 1 is 1.50 bits per heavy atom. The molecular formula is C14H18Cl2N2O2. The number of hydrogen-bond donors (Lipinski definition) is 3. The normalized spacial score (nSPS) is 20.4. The second kappa shape index (κ2) is 6.66. The van der Waals surface area contributed by atoms with Gasteiger partial charge >= 0.3 is 0 Å². The lowest BCUT2D eigenvalue weighted by molar-refractivity contribution is -0.126. The van der Waals surface area contributed by atoms with Gasteiger partial charge in [-0.2, -0.15) is 0 Å². The predicted octanol–water partition coefficient (Wildman–Crippen LogP) is 2.88. The molecule has 1 saturated heterocycles. The van der Waals surface area contributed by atoms with Crippen molar-refractivity contribution in [2.45, 2.75) is 25.8 Å². The molecule has 0 aromatic heterocycles. The van der Waals surface area contributed by atoms with E-state index in [9.17, 15) is 9.90 Å². The molecule has 3 N–H and O–H groups in total. The molecule has 6 heteroatoms. The summed E-state index contributed by atoms with van der Waals surface area (Å²) in [6.07, 6.45) is 1.87. The second-order valence-corrected chi connectivity index (χ2v) is 5.85. The fraction of sp³-hybridized carbons (Fsp3) is 0.500. The molecule has 2 atom stereocenters. The lowest BCUT2D eigenvalue weighted by Gasteiger charge is -2.25. The van der Waals surface area contributed by atoms with Crippen LogP contribution in [0.25, 0.3) is 0 Å². The molecule has 0 unspecified atom stereocenters. The molecular weight excluding hydrogens is 299 g/mol. The Kier molecular flexibility index (Phi) is 5.13. The number of carbonyl (C=O) groups excluding carboxylic acids is 1. The number of phenolic OH excluding ortho intramolecular Hbond substituents is 1. The average molecular weight is 317 g/mol. The molecule has 1 heterocycles. The van der Waals surface area contributed by atoms with Crippen molar-refractivity contribution in [3.63, 3.8) is 0 Å². The highest BCUT2D eigenvalue weighted by Crippen LogP contribution is 2.36. The van der Waals surface area contributed by atoms with E-state index in [1.165, 1.54) is 12.1 Å². The van der Waals surface area contributed by atoms with Crippen molar-refractivity contribution in [2.24, 2.45) is 5.92 Å². The van der Waals surface area contributed by atoms with Crippen LogP contribution in [-0.2, 0) is 4.79 Å². The number of rotatable bonds is 3. The van der Waals surface area contributed by atoms with Crippen LogP contribution in [0.4, 0.5) is 0 Å². The van der Waals surface area contributed by atoms with Crippen molar-refractivity contribution < 1.29 is 9.90 Å². The van der Waals surface area contributed by atoms with Gasteiger partial charge < -0.3 is 15.7 Å². The van der Waals surface area contributed by atoms with E-state index in [-0.39, 0.29) is 22.6 Å². The average Bonchev–Trinajstić information content (AvgIpc) is 2.44. The van der Waals surface area contributed by atoms with Gasteiger partial charge in [-0.1, -0.05) is 23.2 Å². The maximum atomic E-state index is 12.2. The number of carbonyl (C=O) groups is 1. The summed E-state index contributed by atoms with van der Waals surface area (Å²) < 4.78 is 0. The molecule has 1 aliphatic heterocycles. The number of aromatic hydroxyl groups is 1. The van der Waals surface area contributed by atoms with Crippen LogP contribution in [0.1, 0.15) is 31.4 Å². The molecule has 1 aliphatic rings. The Balaban J connectivity index is 2.10. The number of hydrogen-bond acceptors (Lipinski definition) is 3. The van der Waals surface area contributed by atoms with E-state index in [4.69, 9.17) is 23.2 Å². The molecule has 0 saturated carbocycles. The molecule has 1 amide bonds. The third-order valence-corrected chi connectivity index (χ3v) is 4.39. The largest absolute Gasteiger partial charge is 0.508 e. The van der Waals surface area contributed by atoms with Crippen molar-refractivity contribution in [3.8, 4) is 5.75 Å². The molecule has 110 valence electrons. The van der Waals surface area contributed by atoms with E-state index in [2.05, 4.69) is 10.6 Å². The van der Waals surface area contributed by atoms with E-state index in [0.29, 0.717) is 17.1 Å². The summed E-state index contributed by atoms with van der Waals surface area (Å²) in [4.78, 5) is 12.2. The Bertz CT molecular complexity index is 502. The number of amides is 1. The summed E-state index contributed by atoms with van der Waals surface area (Å²) in [7, 11) is 0. The van der Waals surface area contributed by atoms with Crippen LogP contribution in [0.3, 0.4) is 0 Å². The summed E-state index contributed by atoms with van der Waals surface area (Å²) in [5.74, 6) is -0.0274. The lowest BCUT2D eigenvalue weighted by Crippen LogP contribution is -2.41. The van der Waals surface area contributed by atoms with Crippen LogP contribution < -0.4 is 10.6 Å². The fourth-order valence-electron chi connectivity index (χ4n) is 2.45. The molecule has 2 rings (SSSR count). The summed E-state index contributed by atoms with van der Waals surface area (Å²) >= 11 is 12.1. The topological polar surface area (TPSA) is 61.4 Å². The van der Waals surface area contributed by atoms with Crippen LogP contribution in [0, 0.1) is 5.92 Å². The standard InChI is InChI=1S/C14H18Cl2N2O2/c1-8(12-11(19)5-4-10(15)13(12)16)18-14(20)9-3-2-6-17-7-9/h4-5,8-9,17,19H,2-3,6-7H2,1H3,(H,18,20)/t8-,9+/m1/s1. The number of phenols is 1. The van der Waals surface area contributed by atoms with Crippen molar-refractivity contribution >= 4 is 29.1 Å². The van der Waals surface area contributed by atoms with Crippen molar-refractivity contribution in [3.05, 3.63) is 27.7 Å². The highest BCUT2D eigenvalue weighted by Gasteiger charge is 2.24. The number of halogens is 2. The first-order chi connectivity index (χ1) is 9.50. The van der Waals surface area contributed by atoms with Crippen LogP contribution in [-0.4, -0.2) is 24.1 Å². The van der Waals surface area contributed by atoms with Crippen LogP contribution in [0.15, 0.2) is 12.1 Å². The fourth-order valence-corrected chi connectivity index (χ4v) is 2.94. The smallest absolute Gasteiger partial charge is 0.224 e. The van der Waals surface area contributed by atoms with E-state index >= 15 is 0 Å². The Labute approximate surface area is 128 Å². The molecule has 1 aromatic rings. The molecule has 0 radical (unpaired) electrons. The van der Waals surface area contributed by atoms with Gasteiger partial charge in [0, 0.05) is 12.1 Å². The van der Waals surface area contributed by atoms with E-state index < -0.39 is 6.04 Å². The Morgan fingerprint density at radius 2 is 2.25 bits per heavy atom. The molecule has 1 fully saturated rings. The first kappa shape index (κ1) is 15.4. The SMILES string of the molecule is C[C@@H](NC(=O)[C@H]1CCCNC1)c1c(O)ccc(Cl)c1Cl. The van der Waals surface area contributed by atoms with Crippen LogP contribution >= 0.6 is 23.2 Å². The van der Waals surface area contributed by atoms with Gasteiger partial charge in [0.25, 0.3) is 0 Å². The van der Waals surface area contributed by atoms with Gasteiger partial charge in [-0.05, 0) is 38.4 Å². The summed E-state index contributed by atoms with van der Waals surface area (Å²) in [6.45, 7) is 3.43. The minimum Gasteiger partial charge on any atom is -0.508 e. The number of benzene rings is 1. The first-order valence-electron chi connectivity index (χ1n) is 6.68. The minimum atomic E-state index is -0.393. The zero-order valence-corrected chi connectivity index (χ0v) is 12.8. The Hall–Kier alpha value is -0.970. The molecule has 1 aromatic carbocycles. The molecule has 0 spiro atoms. The highest BCUT2D eigenvalue weighted by molar-refractivity contribution is 6.42.